The maximum absolute atomic E-state index is 12.0. The van der Waals surface area contributed by atoms with Crippen molar-refractivity contribution in [3.63, 3.8) is 0 Å². The maximum atomic E-state index is 12.0. The quantitative estimate of drug-likeness (QED) is 0.731. The smallest absolute Gasteiger partial charge is 0.220 e. The van der Waals surface area contributed by atoms with Crippen molar-refractivity contribution in [3.8, 4) is 0 Å². The number of carbonyl (C=O) groups is 2. The van der Waals surface area contributed by atoms with Gasteiger partial charge in [-0.25, -0.2) is 0 Å². The number of nitrogens with one attached hydrogen (secondary N) is 1. The molecule has 2 aromatic rings. The number of carbonyl (C=O) groups excluding carboxylic acids is 2. The Labute approximate surface area is 153 Å². The third kappa shape index (κ3) is 6.24. The Kier molecular flexibility index (Phi) is 7.02. The first-order valence-corrected chi connectivity index (χ1v) is 8.65. The van der Waals surface area contributed by atoms with Crippen LogP contribution >= 0.6 is 11.6 Å². The summed E-state index contributed by atoms with van der Waals surface area (Å²) in [4.78, 5) is 26.0. The zero-order valence-corrected chi connectivity index (χ0v) is 15.3. The fourth-order valence-corrected chi connectivity index (χ4v) is 2.62. The normalized spacial score (nSPS) is 10.4. The summed E-state index contributed by atoms with van der Waals surface area (Å²) in [5.41, 5.74) is 2.86. The lowest BCUT2D eigenvalue weighted by molar-refractivity contribution is -0.121. The second kappa shape index (κ2) is 9.23. The molecule has 0 bridgehead atoms. The van der Waals surface area contributed by atoms with Gasteiger partial charge in [-0.05, 0) is 36.2 Å². The Hall–Kier alpha value is -2.33. The second-order valence-electron chi connectivity index (χ2n) is 6.09. The molecule has 0 unspecified atom stereocenters. The first-order valence-electron chi connectivity index (χ1n) is 8.27. The molecule has 2 aromatic carbocycles. The van der Waals surface area contributed by atoms with Crippen molar-refractivity contribution < 1.29 is 9.59 Å². The van der Waals surface area contributed by atoms with Crippen LogP contribution in [0.1, 0.15) is 28.8 Å². The molecular formula is C20H23ClN2O2. The van der Waals surface area contributed by atoms with Crippen molar-refractivity contribution in [1.29, 1.82) is 0 Å². The van der Waals surface area contributed by atoms with E-state index in [0.29, 0.717) is 17.1 Å². The average Bonchev–Trinajstić information content (AvgIpc) is 2.60. The van der Waals surface area contributed by atoms with Gasteiger partial charge in [0.2, 0.25) is 5.91 Å². The highest BCUT2D eigenvalue weighted by Gasteiger charge is 2.09. The van der Waals surface area contributed by atoms with E-state index in [0.717, 1.165) is 12.1 Å². The fraction of sp³-hybridized carbons (Fsp3) is 0.300. The first-order chi connectivity index (χ1) is 12.0. The summed E-state index contributed by atoms with van der Waals surface area (Å²) >= 11 is 5.87. The van der Waals surface area contributed by atoms with E-state index < -0.39 is 0 Å². The molecule has 2 rings (SSSR count). The molecule has 0 fully saturated rings. The van der Waals surface area contributed by atoms with Crippen molar-refractivity contribution in [2.24, 2.45) is 0 Å². The van der Waals surface area contributed by atoms with Crippen molar-refractivity contribution in [2.75, 3.05) is 25.5 Å². The van der Waals surface area contributed by atoms with Gasteiger partial charge in [0.1, 0.15) is 0 Å². The van der Waals surface area contributed by atoms with Gasteiger partial charge in [-0.2, -0.15) is 0 Å². The van der Waals surface area contributed by atoms with Crippen LogP contribution in [0.2, 0.25) is 5.02 Å². The summed E-state index contributed by atoms with van der Waals surface area (Å²) in [5.74, 6) is -0.183. The van der Waals surface area contributed by atoms with Gasteiger partial charge in [0.25, 0.3) is 0 Å². The lowest BCUT2D eigenvalue weighted by atomic mass is 10.1. The van der Waals surface area contributed by atoms with Gasteiger partial charge in [0.15, 0.2) is 5.78 Å². The van der Waals surface area contributed by atoms with Crippen LogP contribution < -0.4 is 10.2 Å². The largest absolute Gasteiger partial charge is 0.378 e. The van der Waals surface area contributed by atoms with Crippen LogP contribution in [0.3, 0.4) is 0 Å². The standard InChI is InChI=1S/C20H23ClN2O2/c1-23(2)18-8-6-15(7-9-18)12-13-22-20(25)11-10-19(24)16-4-3-5-17(21)14-16/h3-9,14H,10-13H2,1-2H3,(H,22,25). The highest BCUT2D eigenvalue weighted by atomic mass is 35.5. The number of nitrogens with zero attached hydrogens (tertiary/aromatic N) is 1. The Morgan fingerprint density at radius 2 is 1.76 bits per heavy atom. The van der Waals surface area contributed by atoms with E-state index in [1.807, 2.05) is 19.0 Å². The van der Waals surface area contributed by atoms with Crippen LogP contribution in [0, 0.1) is 0 Å². The fourth-order valence-electron chi connectivity index (χ4n) is 2.43. The number of Topliss-reactive ketones (excluding diaryl/α,β-unsaturated/α-hetero) is 1. The molecule has 0 saturated heterocycles. The molecule has 25 heavy (non-hydrogen) atoms. The molecule has 0 aliphatic rings. The Bertz CT molecular complexity index is 727. The van der Waals surface area contributed by atoms with Crippen LogP contribution in [-0.4, -0.2) is 32.3 Å². The minimum atomic E-state index is -0.111. The van der Waals surface area contributed by atoms with Crippen molar-refractivity contribution >= 4 is 29.0 Å². The molecule has 0 spiro atoms. The summed E-state index contributed by atoms with van der Waals surface area (Å²) in [6, 6.07) is 15.0. The monoisotopic (exact) mass is 358 g/mol. The van der Waals surface area contributed by atoms with Crippen LogP contribution in [0.4, 0.5) is 5.69 Å². The molecule has 0 aliphatic carbocycles. The molecule has 132 valence electrons. The Balaban J connectivity index is 1.71. The Morgan fingerprint density at radius 3 is 2.40 bits per heavy atom. The molecule has 1 N–H and O–H groups in total. The molecule has 0 aromatic heterocycles. The number of ketones is 1. The van der Waals surface area contributed by atoms with Gasteiger partial charge in [-0.1, -0.05) is 35.9 Å². The third-order valence-corrected chi connectivity index (χ3v) is 4.15. The molecule has 0 saturated carbocycles. The third-order valence-electron chi connectivity index (χ3n) is 3.91. The van der Waals surface area contributed by atoms with E-state index in [9.17, 15) is 9.59 Å². The van der Waals surface area contributed by atoms with Gasteiger partial charge < -0.3 is 10.2 Å². The molecule has 0 aliphatic heterocycles. The molecular weight excluding hydrogens is 336 g/mol. The topological polar surface area (TPSA) is 49.4 Å². The van der Waals surface area contributed by atoms with Crippen LogP contribution in [0.15, 0.2) is 48.5 Å². The predicted molar refractivity (Wildman–Crippen MR) is 102 cm³/mol. The summed E-state index contributed by atoms with van der Waals surface area (Å²) in [6.07, 6.45) is 1.14. The first kappa shape index (κ1) is 19.0. The van der Waals surface area contributed by atoms with Crippen molar-refractivity contribution in [3.05, 3.63) is 64.7 Å². The molecule has 0 atom stereocenters. The Morgan fingerprint density at radius 1 is 1.04 bits per heavy atom. The zero-order chi connectivity index (χ0) is 18.2. The van der Waals surface area contributed by atoms with E-state index in [4.69, 9.17) is 11.6 Å². The minimum absolute atomic E-state index is 0.0723. The molecule has 0 radical (unpaired) electrons. The molecule has 5 heteroatoms. The van der Waals surface area contributed by atoms with E-state index in [1.54, 1.807) is 24.3 Å². The van der Waals surface area contributed by atoms with Gasteiger partial charge in [-0.15, -0.1) is 0 Å². The highest BCUT2D eigenvalue weighted by molar-refractivity contribution is 6.31. The number of anilines is 1. The minimum Gasteiger partial charge on any atom is -0.378 e. The van der Waals surface area contributed by atoms with Gasteiger partial charge in [0, 0.05) is 49.8 Å². The average molecular weight is 359 g/mol. The molecule has 1 amide bonds. The van der Waals surface area contributed by atoms with Crippen molar-refractivity contribution in [1.82, 2.24) is 5.32 Å². The number of amides is 1. The van der Waals surface area contributed by atoms with Gasteiger partial charge in [0.05, 0.1) is 0 Å². The number of hydrogen-bond donors (Lipinski definition) is 1. The predicted octanol–water partition coefficient (Wildman–Crippen LogP) is 3.73. The van der Waals surface area contributed by atoms with E-state index in [-0.39, 0.29) is 24.5 Å². The molecule has 4 nitrogen and oxygen atoms in total. The lowest BCUT2D eigenvalue weighted by Gasteiger charge is -2.12. The van der Waals surface area contributed by atoms with E-state index in [1.165, 1.54) is 5.56 Å². The summed E-state index contributed by atoms with van der Waals surface area (Å²) < 4.78 is 0. The van der Waals surface area contributed by atoms with Crippen molar-refractivity contribution in [2.45, 2.75) is 19.3 Å². The lowest BCUT2D eigenvalue weighted by Crippen LogP contribution is -2.26. The van der Waals surface area contributed by atoms with E-state index >= 15 is 0 Å². The summed E-state index contributed by atoms with van der Waals surface area (Å²) in [7, 11) is 4.00. The van der Waals surface area contributed by atoms with Crippen LogP contribution in [-0.2, 0) is 11.2 Å². The molecule has 0 heterocycles. The van der Waals surface area contributed by atoms with Gasteiger partial charge >= 0.3 is 0 Å². The van der Waals surface area contributed by atoms with Crippen LogP contribution in [0.25, 0.3) is 0 Å². The SMILES string of the molecule is CN(C)c1ccc(CCNC(=O)CCC(=O)c2cccc(Cl)c2)cc1. The van der Waals surface area contributed by atoms with Gasteiger partial charge in [-0.3, -0.25) is 9.59 Å². The summed E-state index contributed by atoms with van der Waals surface area (Å²) in [6.45, 7) is 0.561. The number of hydrogen-bond acceptors (Lipinski definition) is 3. The summed E-state index contributed by atoms with van der Waals surface area (Å²) in [5, 5.41) is 3.38. The second-order valence-corrected chi connectivity index (χ2v) is 6.53. The number of benzene rings is 2. The number of halogens is 1. The number of rotatable bonds is 8. The van der Waals surface area contributed by atoms with E-state index in [2.05, 4.69) is 29.6 Å². The van der Waals surface area contributed by atoms with Crippen LogP contribution in [0.5, 0.6) is 0 Å². The maximum Gasteiger partial charge on any atom is 0.220 e. The zero-order valence-electron chi connectivity index (χ0n) is 14.6. The highest BCUT2D eigenvalue weighted by Crippen LogP contribution is 2.14.